The van der Waals surface area contributed by atoms with E-state index in [0.717, 1.165) is 24.3 Å². The molecule has 1 N–H and O–H groups in total. The first kappa shape index (κ1) is 11.9. The molecule has 1 aliphatic heterocycles. The number of nitrogens with zero attached hydrogens (tertiary/aromatic N) is 1. The molecule has 90 valence electrons. The van der Waals surface area contributed by atoms with Crippen LogP contribution in [0.1, 0.15) is 18.9 Å². The Labute approximate surface area is 102 Å². The van der Waals surface area contributed by atoms with Gasteiger partial charge in [-0.1, -0.05) is 18.2 Å². The molecule has 0 aromatic heterocycles. The molecule has 0 radical (unpaired) electrons. The zero-order chi connectivity index (χ0) is 12.3. The Bertz CT molecular complexity index is 432. The van der Waals surface area contributed by atoms with E-state index < -0.39 is 5.54 Å². The molecule has 3 nitrogen and oxygen atoms in total. The van der Waals surface area contributed by atoms with Crippen LogP contribution in [0, 0.1) is 24.2 Å². The van der Waals surface area contributed by atoms with Crippen molar-refractivity contribution in [3.63, 3.8) is 0 Å². The smallest absolute Gasteiger partial charge is 0.127 e. The van der Waals surface area contributed by atoms with Gasteiger partial charge >= 0.3 is 0 Å². The van der Waals surface area contributed by atoms with Crippen LogP contribution in [0.2, 0.25) is 0 Å². The maximum absolute atomic E-state index is 9.43. The van der Waals surface area contributed by atoms with Crippen molar-refractivity contribution in [2.24, 2.45) is 5.92 Å². The summed E-state index contributed by atoms with van der Waals surface area (Å²) in [5.74, 6) is 0.257. The standard InChI is InChI=1S/C14H18N2O/c1-11-5-3-4-6-13(11)16-14(2,10-15)12-7-8-17-9-12/h3-6,12,16H,7-9H2,1-2H3. The third-order valence-electron chi connectivity index (χ3n) is 3.52. The molecular formula is C14H18N2O. The van der Waals surface area contributed by atoms with Crippen molar-refractivity contribution in [2.75, 3.05) is 18.5 Å². The van der Waals surface area contributed by atoms with Gasteiger partial charge in [-0.05, 0) is 31.9 Å². The predicted molar refractivity (Wildman–Crippen MR) is 67.7 cm³/mol. The topological polar surface area (TPSA) is 45.0 Å². The molecule has 1 aliphatic rings. The highest BCUT2D eigenvalue weighted by atomic mass is 16.5. The van der Waals surface area contributed by atoms with Crippen LogP contribution in [-0.2, 0) is 4.74 Å². The highest BCUT2D eigenvalue weighted by Crippen LogP contribution is 2.30. The van der Waals surface area contributed by atoms with Gasteiger partial charge in [0.15, 0.2) is 0 Å². The summed E-state index contributed by atoms with van der Waals surface area (Å²) in [6.45, 7) is 5.43. The first-order valence-corrected chi connectivity index (χ1v) is 5.98. The average molecular weight is 230 g/mol. The summed E-state index contributed by atoms with van der Waals surface area (Å²) < 4.78 is 5.38. The molecule has 1 heterocycles. The van der Waals surface area contributed by atoms with E-state index in [4.69, 9.17) is 4.74 Å². The Balaban J connectivity index is 2.20. The lowest BCUT2D eigenvalue weighted by Crippen LogP contribution is -2.41. The molecule has 0 spiro atoms. The molecule has 1 fully saturated rings. The van der Waals surface area contributed by atoms with Crippen molar-refractivity contribution in [1.82, 2.24) is 0 Å². The first-order chi connectivity index (χ1) is 8.15. The van der Waals surface area contributed by atoms with Gasteiger partial charge in [0.1, 0.15) is 5.54 Å². The van der Waals surface area contributed by atoms with Crippen molar-refractivity contribution >= 4 is 5.69 Å². The molecule has 2 unspecified atom stereocenters. The predicted octanol–water partition coefficient (Wildman–Crippen LogP) is 2.73. The van der Waals surface area contributed by atoms with E-state index in [1.165, 1.54) is 0 Å². The van der Waals surface area contributed by atoms with E-state index >= 15 is 0 Å². The molecule has 0 saturated carbocycles. The first-order valence-electron chi connectivity index (χ1n) is 5.98. The minimum Gasteiger partial charge on any atom is -0.381 e. The normalized spacial score (nSPS) is 22.8. The van der Waals surface area contributed by atoms with E-state index in [2.05, 4.69) is 11.4 Å². The van der Waals surface area contributed by atoms with E-state index in [-0.39, 0.29) is 5.92 Å². The minimum atomic E-state index is -0.553. The van der Waals surface area contributed by atoms with Gasteiger partial charge in [0.25, 0.3) is 0 Å². The molecule has 17 heavy (non-hydrogen) atoms. The SMILES string of the molecule is Cc1ccccc1NC(C)(C#N)C1CCOC1. The molecular weight excluding hydrogens is 212 g/mol. The van der Waals surface area contributed by atoms with Gasteiger partial charge < -0.3 is 10.1 Å². The van der Waals surface area contributed by atoms with Crippen LogP contribution < -0.4 is 5.32 Å². The molecule has 1 aromatic carbocycles. The fourth-order valence-electron chi connectivity index (χ4n) is 2.20. The zero-order valence-corrected chi connectivity index (χ0v) is 10.4. The Kier molecular flexibility index (Phi) is 3.35. The zero-order valence-electron chi connectivity index (χ0n) is 10.4. The van der Waals surface area contributed by atoms with E-state index in [1.54, 1.807) is 0 Å². The summed E-state index contributed by atoms with van der Waals surface area (Å²) in [5.41, 5.74) is 1.64. The number of nitrogens with one attached hydrogen (secondary N) is 1. The highest BCUT2D eigenvalue weighted by Gasteiger charge is 2.37. The summed E-state index contributed by atoms with van der Waals surface area (Å²) in [4.78, 5) is 0. The number of anilines is 1. The number of hydrogen-bond donors (Lipinski definition) is 1. The third-order valence-corrected chi connectivity index (χ3v) is 3.52. The largest absolute Gasteiger partial charge is 0.381 e. The Morgan fingerprint density at radius 1 is 1.47 bits per heavy atom. The second kappa shape index (κ2) is 4.77. The number of hydrogen-bond acceptors (Lipinski definition) is 3. The second-order valence-electron chi connectivity index (χ2n) is 4.81. The maximum atomic E-state index is 9.43. The van der Waals surface area contributed by atoms with E-state index in [1.807, 2.05) is 38.1 Å². The van der Waals surface area contributed by atoms with E-state index in [0.29, 0.717) is 6.61 Å². The third kappa shape index (κ3) is 2.42. The summed E-state index contributed by atoms with van der Waals surface area (Å²) in [6.07, 6.45) is 0.947. The number of benzene rings is 1. The van der Waals surface area contributed by atoms with Gasteiger partial charge in [0, 0.05) is 18.2 Å². The maximum Gasteiger partial charge on any atom is 0.127 e. The summed E-state index contributed by atoms with van der Waals surface area (Å²) in [6, 6.07) is 10.5. The van der Waals surface area contributed by atoms with Crippen LogP contribution in [0.4, 0.5) is 5.69 Å². The fourth-order valence-corrected chi connectivity index (χ4v) is 2.20. The quantitative estimate of drug-likeness (QED) is 0.868. The van der Waals surface area contributed by atoms with Crippen LogP contribution in [0.3, 0.4) is 0 Å². The van der Waals surface area contributed by atoms with Crippen molar-refractivity contribution in [2.45, 2.75) is 25.8 Å². The monoisotopic (exact) mass is 230 g/mol. The molecule has 2 atom stereocenters. The van der Waals surface area contributed by atoms with Crippen LogP contribution in [0.15, 0.2) is 24.3 Å². The van der Waals surface area contributed by atoms with Crippen molar-refractivity contribution in [3.8, 4) is 6.07 Å². The van der Waals surface area contributed by atoms with Crippen molar-refractivity contribution in [3.05, 3.63) is 29.8 Å². The van der Waals surface area contributed by atoms with Crippen molar-refractivity contribution < 1.29 is 4.74 Å². The van der Waals surface area contributed by atoms with Crippen LogP contribution >= 0.6 is 0 Å². The summed E-state index contributed by atoms with van der Waals surface area (Å²) in [5, 5.41) is 12.8. The van der Waals surface area contributed by atoms with E-state index in [9.17, 15) is 5.26 Å². The lowest BCUT2D eigenvalue weighted by molar-refractivity contribution is 0.178. The van der Waals surface area contributed by atoms with Crippen molar-refractivity contribution in [1.29, 1.82) is 5.26 Å². The lowest BCUT2D eigenvalue weighted by atomic mass is 9.86. The van der Waals surface area contributed by atoms with Gasteiger partial charge in [-0.25, -0.2) is 0 Å². The number of aryl methyl sites for hydroxylation is 1. The van der Waals surface area contributed by atoms with Crippen LogP contribution in [-0.4, -0.2) is 18.8 Å². The van der Waals surface area contributed by atoms with Gasteiger partial charge in [0.2, 0.25) is 0 Å². The fraction of sp³-hybridized carbons (Fsp3) is 0.500. The molecule has 1 aromatic rings. The van der Waals surface area contributed by atoms with Gasteiger partial charge in [-0.3, -0.25) is 0 Å². The Hall–Kier alpha value is -1.53. The lowest BCUT2D eigenvalue weighted by Gasteiger charge is -2.30. The second-order valence-corrected chi connectivity index (χ2v) is 4.81. The Morgan fingerprint density at radius 2 is 2.24 bits per heavy atom. The highest BCUT2D eigenvalue weighted by molar-refractivity contribution is 5.53. The summed E-state index contributed by atoms with van der Waals surface area (Å²) in [7, 11) is 0. The van der Waals surface area contributed by atoms with Crippen LogP contribution in [0.5, 0.6) is 0 Å². The average Bonchev–Trinajstić information content (AvgIpc) is 2.86. The minimum absolute atomic E-state index is 0.257. The molecule has 3 heteroatoms. The van der Waals surface area contributed by atoms with Gasteiger partial charge in [-0.15, -0.1) is 0 Å². The molecule has 0 aliphatic carbocycles. The molecule has 0 amide bonds. The number of rotatable bonds is 3. The van der Waals surface area contributed by atoms with Gasteiger partial charge in [-0.2, -0.15) is 5.26 Å². The Morgan fingerprint density at radius 3 is 2.82 bits per heavy atom. The number of para-hydroxylation sites is 1. The molecule has 0 bridgehead atoms. The summed E-state index contributed by atoms with van der Waals surface area (Å²) >= 11 is 0. The molecule has 1 saturated heterocycles. The molecule has 2 rings (SSSR count). The van der Waals surface area contributed by atoms with Crippen LogP contribution in [0.25, 0.3) is 0 Å². The number of nitriles is 1. The number of ether oxygens (including phenoxy) is 1. The van der Waals surface area contributed by atoms with Gasteiger partial charge in [0.05, 0.1) is 12.7 Å².